The van der Waals surface area contributed by atoms with Crippen molar-refractivity contribution in [2.75, 3.05) is 5.32 Å². The van der Waals surface area contributed by atoms with Crippen molar-refractivity contribution in [2.24, 2.45) is 0 Å². The molecule has 3 aromatic rings. The van der Waals surface area contributed by atoms with Gasteiger partial charge in [0.2, 0.25) is 0 Å². The van der Waals surface area contributed by atoms with Crippen molar-refractivity contribution < 1.29 is 9.59 Å². The third-order valence-electron chi connectivity index (χ3n) is 4.24. The van der Waals surface area contributed by atoms with Gasteiger partial charge in [-0.2, -0.15) is 0 Å². The largest absolute Gasteiger partial charge is 0.346 e. The molecule has 0 unspecified atom stereocenters. The van der Waals surface area contributed by atoms with E-state index in [2.05, 4.69) is 15.6 Å². The van der Waals surface area contributed by atoms with Crippen molar-refractivity contribution in [3.05, 3.63) is 93.8 Å². The quantitative estimate of drug-likeness (QED) is 0.668. The lowest BCUT2D eigenvalue weighted by molar-refractivity contribution is 0.0948. The van der Waals surface area contributed by atoms with Crippen molar-refractivity contribution in [3.63, 3.8) is 0 Å². The number of benzene rings is 2. The SMILES string of the molecule is Cc1cc(C)c(NC(=O)c2ccc(C(=O)NCc3ccccn3)cc2)c(Cl)c1. The van der Waals surface area contributed by atoms with E-state index in [-0.39, 0.29) is 11.8 Å². The topological polar surface area (TPSA) is 71.1 Å². The highest BCUT2D eigenvalue weighted by Gasteiger charge is 2.12. The molecule has 0 aliphatic carbocycles. The van der Waals surface area contributed by atoms with Crippen molar-refractivity contribution in [2.45, 2.75) is 20.4 Å². The Morgan fingerprint density at radius 3 is 2.25 bits per heavy atom. The standard InChI is InChI=1S/C22H20ClN3O2/c1-14-11-15(2)20(19(23)12-14)26-22(28)17-8-6-16(7-9-17)21(27)25-13-18-5-3-4-10-24-18/h3-12H,13H2,1-2H3,(H,25,27)(H,26,28). The molecule has 0 atom stereocenters. The van der Waals surface area contributed by atoms with Crippen LogP contribution in [0.1, 0.15) is 37.5 Å². The van der Waals surface area contributed by atoms with Gasteiger partial charge in [-0.25, -0.2) is 0 Å². The highest BCUT2D eigenvalue weighted by Crippen LogP contribution is 2.27. The first-order valence-corrected chi connectivity index (χ1v) is 9.18. The van der Waals surface area contributed by atoms with Gasteiger partial charge in [-0.15, -0.1) is 0 Å². The number of hydrogen-bond donors (Lipinski definition) is 2. The molecular formula is C22H20ClN3O2. The summed E-state index contributed by atoms with van der Waals surface area (Å²) in [6.45, 7) is 4.18. The monoisotopic (exact) mass is 393 g/mol. The van der Waals surface area contributed by atoms with Gasteiger partial charge in [-0.05, 0) is 67.4 Å². The Morgan fingerprint density at radius 2 is 1.64 bits per heavy atom. The summed E-state index contributed by atoms with van der Waals surface area (Å²) in [5.74, 6) is -0.510. The molecular weight excluding hydrogens is 374 g/mol. The Labute approximate surface area is 168 Å². The molecule has 2 aromatic carbocycles. The fourth-order valence-electron chi connectivity index (χ4n) is 2.81. The van der Waals surface area contributed by atoms with Gasteiger partial charge >= 0.3 is 0 Å². The number of pyridine rings is 1. The molecule has 0 saturated heterocycles. The Bertz CT molecular complexity index is 979. The summed E-state index contributed by atoms with van der Waals surface area (Å²) in [7, 11) is 0. The summed E-state index contributed by atoms with van der Waals surface area (Å²) >= 11 is 6.25. The summed E-state index contributed by atoms with van der Waals surface area (Å²) in [6.07, 6.45) is 1.68. The lowest BCUT2D eigenvalue weighted by Crippen LogP contribution is -2.23. The van der Waals surface area contributed by atoms with Gasteiger partial charge < -0.3 is 10.6 Å². The molecule has 28 heavy (non-hydrogen) atoms. The Kier molecular flexibility index (Phi) is 6.06. The van der Waals surface area contributed by atoms with E-state index in [0.717, 1.165) is 16.8 Å². The van der Waals surface area contributed by atoms with E-state index >= 15 is 0 Å². The van der Waals surface area contributed by atoms with E-state index < -0.39 is 0 Å². The van der Waals surface area contributed by atoms with Crippen LogP contribution in [-0.2, 0) is 6.54 Å². The number of aryl methyl sites for hydroxylation is 2. The van der Waals surface area contributed by atoms with Crippen molar-refractivity contribution in [1.82, 2.24) is 10.3 Å². The third kappa shape index (κ3) is 4.75. The van der Waals surface area contributed by atoms with Crippen molar-refractivity contribution in [1.29, 1.82) is 0 Å². The van der Waals surface area contributed by atoms with Crippen LogP contribution in [0.25, 0.3) is 0 Å². The van der Waals surface area contributed by atoms with Crippen LogP contribution in [0.4, 0.5) is 5.69 Å². The number of carbonyl (C=O) groups excluding carboxylic acids is 2. The third-order valence-corrected chi connectivity index (χ3v) is 4.53. The number of rotatable bonds is 5. The van der Waals surface area contributed by atoms with Gasteiger partial charge in [0.05, 0.1) is 22.9 Å². The van der Waals surface area contributed by atoms with Crippen LogP contribution in [0.2, 0.25) is 5.02 Å². The van der Waals surface area contributed by atoms with Crippen LogP contribution >= 0.6 is 11.6 Å². The minimum Gasteiger partial charge on any atom is -0.346 e. The summed E-state index contributed by atoms with van der Waals surface area (Å²) in [4.78, 5) is 28.9. The average Bonchev–Trinajstić information content (AvgIpc) is 2.69. The second kappa shape index (κ2) is 8.67. The zero-order valence-corrected chi connectivity index (χ0v) is 16.4. The van der Waals surface area contributed by atoms with Gasteiger partial charge in [0.15, 0.2) is 0 Å². The maximum absolute atomic E-state index is 12.5. The summed E-state index contributed by atoms with van der Waals surface area (Å²) in [5, 5.41) is 6.14. The molecule has 5 nitrogen and oxygen atoms in total. The normalized spacial score (nSPS) is 10.4. The first-order chi connectivity index (χ1) is 13.4. The van der Waals surface area contributed by atoms with E-state index in [4.69, 9.17) is 11.6 Å². The van der Waals surface area contributed by atoms with Crippen molar-refractivity contribution >= 4 is 29.1 Å². The molecule has 0 spiro atoms. The summed E-state index contributed by atoms with van der Waals surface area (Å²) < 4.78 is 0. The van der Waals surface area contributed by atoms with E-state index in [9.17, 15) is 9.59 Å². The van der Waals surface area contributed by atoms with Crippen LogP contribution in [-0.4, -0.2) is 16.8 Å². The predicted molar refractivity (Wildman–Crippen MR) is 111 cm³/mol. The van der Waals surface area contributed by atoms with Gasteiger partial charge in [0, 0.05) is 17.3 Å². The van der Waals surface area contributed by atoms with E-state index in [1.807, 2.05) is 38.1 Å². The van der Waals surface area contributed by atoms with E-state index in [1.54, 1.807) is 36.5 Å². The van der Waals surface area contributed by atoms with Gasteiger partial charge in [-0.1, -0.05) is 23.7 Å². The Morgan fingerprint density at radius 1 is 0.964 bits per heavy atom. The second-order valence-corrected chi connectivity index (χ2v) is 6.88. The number of anilines is 1. The van der Waals surface area contributed by atoms with E-state index in [0.29, 0.717) is 28.4 Å². The number of amides is 2. The van der Waals surface area contributed by atoms with Gasteiger partial charge in [-0.3, -0.25) is 14.6 Å². The number of nitrogens with one attached hydrogen (secondary N) is 2. The predicted octanol–water partition coefficient (Wildman–Crippen LogP) is 4.53. The lowest BCUT2D eigenvalue weighted by Gasteiger charge is -2.12. The molecule has 0 bridgehead atoms. The maximum atomic E-state index is 12.5. The lowest BCUT2D eigenvalue weighted by atomic mass is 10.1. The molecule has 2 amide bonds. The zero-order chi connectivity index (χ0) is 20.1. The Balaban J connectivity index is 1.65. The highest BCUT2D eigenvalue weighted by atomic mass is 35.5. The fourth-order valence-corrected chi connectivity index (χ4v) is 3.18. The molecule has 142 valence electrons. The van der Waals surface area contributed by atoms with Crippen molar-refractivity contribution in [3.8, 4) is 0 Å². The molecule has 0 aliphatic heterocycles. The minimum absolute atomic E-state index is 0.227. The average molecular weight is 394 g/mol. The molecule has 0 fully saturated rings. The molecule has 3 rings (SSSR count). The van der Waals surface area contributed by atoms with Gasteiger partial charge in [0.25, 0.3) is 11.8 Å². The summed E-state index contributed by atoms with van der Waals surface area (Å²) in [5.41, 5.74) is 4.20. The van der Waals surface area contributed by atoms with Crippen LogP contribution < -0.4 is 10.6 Å². The molecule has 1 aromatic heterocycles. The number of aromatic nitrogens is 1. The van der Waals surface area contributed by atoms with Crippen LogP contribution in [0.3, 0.4) is 0 Å². The van der Waals surface area contributed by atoms with Gasteiger partial charge in [0.1, 0.15) is 0 Å². The molecule has 1 heterocycles. The fraction of sp³-hybridized carbons (Fsp3) is 0.136. The second-order valence-electron chi connectivity index (χ2n) is 6.47. The highest BCUT2D eigenvalue weighted by molar-refractivity contribution is 6.34. The van der Waals surface area contributed by atoms with Crippen LogP contribution in [0.5, 0.6) is 0 Å². The number of halogens is 1. The Hall–Kier alpha value is -3.18. The molecule has 2 N–H and O–H groups in total. The first-order valence-electron chi connectivity index (χ1n) is 8.80. The van der Waals surface area contributed by atoms with E-state index in [1.165, 1.54) is 0 Å². The first kappa shape index (κ1) is 19.6. The zero-order valence-electron chi connectivity index (χ0n) is 15.6. The van der Waals surface area contributed by atoms with Crippen LogP contribution in [0.15, 0.2) is 60.8 Å². The van der Waals surface area contributed by atoms with Crippen LogP contribution in [0, 0.1) is 13.8 Å². The minimum atomic E-state index is -0.283. The number of hydrogen-bond acceptors (Lipinski definition) is 3. The summed E-state index contributed by atoms with van der Waals surface area (Å²) in [6, 6.07) is 15.7. The molecule has 0 aliphatic rings. The smallest absolute Gasteiger partial charge is 0.255 e. The number of nitrogens with zero attached hydrogens (tertiary/aromatic N) is 1. The molecule has 0 radical (unpaired) electrons. The molecule has 0 saturated carbocycles. The maximum Gasteiger partial charge on any atom is 0.255 e. The molecule has 6 heteroatoms. The number of carbonyl (C=O) groups is 2.